The van der Waals surface area contributed by atoms with E-state index >= 15 is 0 Å². The van der Waals surface area contributed by atoms with Crippen molar-refractivity contribution in [2.45, 2.75) is 113 Å². The fourth-order valence-electron chi connectivity index (χ4n) is 8.34. The fourth-order valence-corrected chi connectivity index (χ4v) is 8.39. The van der Waals surface area contributed by atoms with E-state index in [0.717, 1.165) is 12.0 Å². The Morgan fingerprint density at radius 1 is 0.500 bits per heavy atom. The van der Waals surface area contributed by atoms with E-state index in [4.69, 9.17) is 28.2 Å². The van der Waals surface area contributed by atoms with E-state index < -0.39 is 40.6 Å². The van der Waals surface area contributed by atoms with Crippen molar-refractivity contribution in [1.82, 2.24) is 23.6 Å². The zero-order valence-corrected chi connectivity index (χ0v) is 58.2. The van der Waals surface area contributed by atoms with E-state index in [1.165, 1.54) is 57.9 Å². The van der Waals surface area contributed by atoms with Gasteiger partial charge in [-0.15, -0.1) is 0 Å². The van der Waals surface area contributed by atoms with Gasteiger partial charge in [0.1, 0.15) is 29.0 Å². The van der Waals surface area contributed by atoms with Crippen molar-refractivity contribution in [2.75, 3.05) is 18.9 Å². The summed E-state index contributed by atoms with van der Waals surface area (Å²) in [6.07, 6.45) is 8.70. The van der Waals surface area contributed by atoms with Crippen molar-refractivity contribution >= 4 is 75.3 Å². The molecule has 4 heterocycles. The Kier molecular flexibility index (Phi) is 35.5. The van der Waals surface area contributed by atoms with Crippen molar-refractivity contribution in [3.05, 3.63) is 230 Å². The topological polar surface area (TPSA) is 293 Å². The van der Waals surface area contributed by atoms with E-state index in [1.54, 1.807) is 145 Å². The van der Waals surface area contributed by atoms with E-state index in [2.05, 4.69) is 21.7 Å². The highest BCUT2D eigenvalue weighted by molar-refractivity contribution is 6.80. The number of carbonyl (C=O) groups is 10. The minimum absolute atomic E-state index is 0.0449. The van der Waals surface area contributed by atoms with Crippen molar-refractivity contribution in [1.29, 1.82) is 0 Å². The molecule has 0 saturated carbocycles. The molecule has 0 aliphatic carbocycles. The maximum Gasteiger partial charge on any atom is 0.391 e. The average molecular weight is 1380 g/mol. The number of halogens is 5. The molecule has 2 atom stereocenters. The summed E-state index contributed by atoms with van der Waals surface area (Å²) >= 11 is 4.69. The molecular weight excluding hydrogens is 1290 g/mol. The molecule has 25 heteroatoms. The van der Waals surface area contributed by atoms with E-state index in [-0.39, 0.29) is 83.8 Å². The summed E-state index contributed by atoms with van der Waals surface area (Å²) in [5.74, 6) is -6.44. The number of aromatic carboxylic acids is 1. The molecule has 0 spiro atoms. The van der Waals surface area contributed by atoms with Crippen LogP contribution in [0.15, 0.2) is 134 Å². The third-order valence-corrected chi connectivity index (χ3v) is 14.3. The Balaban J connectivity index is 0.000000415. The summed E-state index contributed by atoms with van der Waals surface area (Å²) in [5.41, 5.74) is 17.5. The van der Waals surface area contributed by atoms with Crippen molar-refractivity contribution < 1.29 is 80.1 Å². The van der Waals surface area contributed by atoms with Crippen molar-refractivity contribution in [3.63, 3.8) is 0 Å². The molecule has 0 unspecified atom stereocenters. The molecule has 0 aliphatic heterocycles. The number of aromatic nitrogens is 4. The zero-order valence-electron chi connectivity index (χ0n) is 57.5. The summed E-state index contributed by atoms with van der Waals surface area (Å²) in [6.45, 7) is 17.9. The van der Waals surface area contributed by atoms with Gasteiger partial charge in [-0.2, -0.15) is 0 Å². The number of carboxylic acids is 1. The van der Waals surface area contributed by atoms with Gasteiger partial charge in [-0.3, -0.25) is 33.6 Å². The summed E-state index contributed by atoms with van der Waals surface area (Å²) in [6, 6.07) is 28.3. The lowest BCUT2D eigenvalue weighted by Crippen LogP contribution is -2.37. The van der Waals surface area contributed by atoms with Gasteiger partial charge in [0.05, 0.1) is 30.3 Å². The molecule has 0 fully saturated rings. The van der Waals surface area contributed by atoms with Crippen LogP contribution in [0.1, 0.15) is 156 Å². The molecule has 1 amide bonds. The second kappa shape index (κ2) is 41.6. The number of nitrogens with zero attached hydrogens (tertiary/aromatic N) is 4. The maximum atomic E-state index is 13.3. The summed E-state index contributed by atoms with van der Waals surface area (Å²) in [5, 5.41) is 9.98. The van der Waals surface area contributed by atoms with Gasteiger partial charge in [-0.25, -0.2) is 31.9 Å². The molecular formula is C73H86ClF4N7O13. The number of nitrogens with two attached hydrogens (primary N) is 2. The molecule has 4 aromatic carbocycles. The highest BCUT2D eigenvalue weighted by Crippen LogP contribution is 2.19. The first-order valence-electron chi connectivity index (χ1n) is 30.8. The number of ketones is 5. The average Bonchev–Trinajstić information content (AvgIpc) is 1.67. The standard InChI is InChI=1S/C20H23FN2O3.C18H18FNO4.C14H14FNO.C7H8FN.C6H7NO2.C4H5ClO3.C4H11N/c1-5-13(3)22-20(26)19(25)15-10-17(23(4)11-15)18(24)9-14-6-7-16(21)12(2)8-14;1-4-24-18(23)17(22)13-9-15(20(3)10-13)16(21)8-12-5-6-14(19)11(2)7-12;1-10-8-11(5-6-12(10)15)9-14(17)13-4-3-7-16(13)2;1-5-4-6(9)2-3-7(5)8;1-7-4-2-3-5(7)6(8)9;1-2-8-4(7)3(5)6;1-3-4(2)5/h6-8,10-11,13H,5,9H2,1-4H3,(H,22,26);5-7,9-10H,4,8H2,1-3H3;3-8H,9H2,1-2H3;2-4H,9H2,1H3;2-4H,1H3,(H,8,9);2H2,1H3;4H,3,5H2,1-2H3/t13-;;;;;;4-/m1.....1/s1. The van der Waals surface area contributed by atoms with Crippen LogP contribution in [0, 0.1) is 51.0 Å². The number of Topliss-reactive ketones (excluding diaryl/α,β-unsaturated/α-hetero) is 5. The van der Waals surface area contributed by atoms with Gasteiger partial charge in [-0.1, -0.05) is 50.2 Å². The highest BCUT2D eigenvalue weighted by Gasteiger charge is 2.24. The monoisotopic (exact) mass is 1380 g/mol. The van der Waals surface area contributed by atoms with Crippen LogP contribution in [0.5, 0.6) is 0 Å². The lowest BCUT2D eigenvalue weighted by atomic mass is 10.0. The number of amides is 1. The lowest BCUT2D eigenvalue weighted by Gasteiger charge is -2.09. The first kappa shape index (κ1) is 83.8. The SMILES string of the molecule is CCOC(=O)C(=O)Cl.CCOC(=O)C(=O)c1cc(C(=O)Cc2ccc(F)c(C)c2)n(C)c1.CC[C@@H](C)N.CC[C@@H](C)NC(=O)C(=O)c1cc(C(=O)Cc2ccc(F)c(C)c2)n(C)c1.Cc1cc(CC(=O)c2cccn2C)ccc1F.Cc1cc(N)ccc1F.Cn1cccc1C(=O)O. The van der Waals surface area contributed by atoms with Crippen molar-refractivity contribution in [3.8, 4) is 0 Å². The molecule has 98 heavy (non-hydrogen) atoms. The van der Waals surface area contributed by atoms with Gasteiger partial charge in [-0.05, 0) is 192 Å². The van der Waals surface area contributed by atoms with Crippen LogP contribution in [0.3, 0.4) is 0 Å². The number of carbonyl (C=O) groups excluding carboxylic acids is 9. The highest BCUT2D eigenvalue weighted by atomic mass is 35.5. The molecule has 8 rings (SSSR count). The Hall–Kier alpha value is -10.3. The van der Waals surface area contributed by atoms with Crippen LogP contribution in [0.4, 0.5) is 23.2 Å². The summed E-state index contributed by atoms with van der Waals surface area (Å²) in [4.78, 5) is 115. The van der Waals surface area contributed by atoms with E-state index in [0.29, 0.717) is 80.7 Å². The quantitative estimate of drug-likeness (QED) is 0.0138. The Morgan fingerprint density at radius 3 is 1.15 bits per heavy atom. The van der Waals surface area contributed by atoms with Crippen LogP contribution in [0.2, 0.25) is 0 Å². The Labute approximate surface area is 572 Å². The minimum atomic E-state index is -1.08. The summed E-state index contributed by atoms with van der Waals surface area (Å²) in [7, 11) is 6.80. The maximum absolute atomic E-state index is 13.3. The molecule has 20 nitrogen and oxygen atoms in total. The summed E-state index contributed by atoms with van der Waals surface area (Å²) < 4.78 is 67.4. The van der Waals surface area contributed by atoms with Gasteiger partial charge in [0.15, 0.2) is 17.3 Å². The number of carboxylic acid groups (broad SMARTS) is 1. The van der Waals surface area contributed by atoms with Crippen LogP contribution in [-0.2, 0) is 76.1 Å². The van der Waals surface area contributed by atoms with Crippen LogP contribution < -0.4 is 16.8 Å². The minimum Gasteiger partial charge on any atom is -0.477 e. The van der Waals surface area contributed by atoms with Gasteiger partial charge in [0.2, 0.25) is 0 Å². The number of esters is 2. The fraction of sp³-hybridized carbons (Fsp3) is 0.315. The molecule has 0 bridgehead atoms. The lowest BCUT2D eigenvalue weighted by molar-refractivity contribution is -0.149. The molecule has 0 saturated heterocycles. The van der Waals surface area contributed by atoms with Crippen LogP contribution in [-0.4, -0.2) is 107 Å². The molecule has 526 valence electrons. The number of nitrogens with one attached hydrogen (secondary N) is 1. The van der Waals surface area contributed by atoms with Gasteiger partial charge in [0.25, 0.3) is 17.5 Å². The zero-order chi connectivity index (χ0) is 74.3. The van der Waals surface area contributed by atoms with Crippen LogP contribution in [0.25, 0.3) is 0 Å². The van der Waals surface area contributed by atoms with E-state index in [1.807, 2.05) is 40.1 Å². The smallest absolute Gasteiger partial charge is 0.391 e. The van der Waals surface area contributed by atoms with Gasteiger partial charge >= 0.3 is 23.2 Å². The molecule has 0 aliphatic rings. The predicted octanol–water partition coefficient (Wildman–Crippen LogP) is 12.0. The van der Waals surface area contributed by atoms with Crippen molar-refractivity contribution in [2.24, 2.45) is 33.9 Å². The first-order valence-corrected chi connectivity index (χ1v) is 31.2. The molecule has 6 N–H and O–H groups in total. The largest absolute Gasteiger partial charge is 0.477 e. The number of benzene rings is 4. The molecule has 4 aromatic heterocycles. The number of hydrogen-bond donors (Lipinski definition) is 4. The molecule has 0 radical (unpaired) electrons. The molecule has 8 aromatic rings. The number of hydrogen-bond acceptors (Lipinski definition) is 14. The van der Waals surface area contributed by atoms with Gasteiger partial charge < -0.3 is 49.6 Å². The third kappa shape index (κ3) is 28.2. The number of nitrogen functional groups attached to an aromatic ring is 1. The van der Waals surface area contributed by atoms with Crippen LogP contribution >= 0.6 is 11.6 Å². The third-order valence-electron chi connectivity index (χ3n) is 14.2. The Morgan fingerprint density at radius 2 is 0.857 bits per heavy atom. The van der Waals surface area contributed by atoms with E-state index in [9.17, 15) is 65.5 Å². The number of ether oxygens (including phenoxy) is 2. The number of aryl methyl sites for hydroxylation is 8. The Bertz CT molecular complexity index is 4070. The first-order chi connectivity index (χ1) is 46.0. The normalized spacial score (nSPS) is 10.7. The second-order valence-corrected chi connectivity index (χ2v) is 22.7. The predicted molar refractivity (Wildman–Crippen MR) is 366 cm³/mol. The second-order valence-electron chi connectivity index (χ2n) is 22.4. The van der Waals surface area contributed by atoms with Gasteiger partial charge in [0, 0.05) is 101 Å². The number of anilines is 1. The number of rotatable bonds is 20.